The Labute approximate surface area is 550 Å². The summed E-state index contributed by atoms with van der Waals surface area (Å²) in [5.41, 5.74) is 21.3. The van der Waals surface area contributed by atoms with Gasteiger partial charge in [0, 0.05) is 0 Å². The van der Waals surface area contributed by atoms with E-state index in [9.17, 15) is 0 Å². The summed E-state index contributed by atoms with van der Waals surface area (Å²) in [4.78, 5) is 0. The van der Waals surface area contributed by atoms with Crippen LogP contribution in [0.2, 0.25) is 13.1 Å². The standard InChI is InChI=1S/2C44H35.C2H7Si.Zr/c2*1-2-12-29(13-3-1)24-30-25-41-39(43-35-18-8-4-14-31(35)27-32-15-5-9-19-36(32)43)22-23-40(42(41)26-30)44-37-20-10-6-16-33(37)28-34-17-7-11-21-38(34)44;1-3-2;/h2*4-11,14-23,25-29H,1-3,12-13,24H2;3H,1-2H3;. The van der Waals surface area contributed by atoms with E-state index in [1.54, 1.807) is 22.3 Å². The third-order valence-corrected chi connectivity index (χ3v) is 44.2. The molecule has 2 atom stereocenters. The Hall–Kier alpha value is -8.26. The van der Waals surface area contributed by atoms with Gasteiger partial charge in [-0.2, -0.15) is 0 Å². The Morgan fingerprint density at radius 1 is 0.293 bits per heavy atom. The summed E-state index contributed by atoms with van der Waals surface area (Å²) in [6, 6.07) is 95.1. The van der Waals surface area contributed by atoms with E-state index >= 15 is 0 Å². The van der Waals surface area contributed by atoms with E-state index in [0.717, 1.165) is 0 Å². The first-order chi connectivity index (χ1) is 45.5. The van der Waals surface area contributed by atoms with Crippen LogP contribution in [0.3, 0.4) is 0 Å². The molecule has 14 aromatic carbocycles. The molecule has 0 bridgehead atoms. The van der Waals surface area contributed by atoms with Crippen LogP contribution in [0, 0.1) is 11.8 Å². The molecule has 4 aliphatic carbocycles. The second-order valence-electron chi connectivity index (χ2n) is 28.1. The van der Waals surface area contributed by atoms with Crippen molar-refractivity contribution in [3.05, 3.63) is 276 Å². The zero-order chi connectivity index (χ0) is 61.0. The zero-order valence-corrected chi connectivity index (χ0v) is 56.7. The van der Waals surface area contributed by atoms with Gasteiger partial charge in [-0.25, -0.2) is 0 Å². The van der Waals surface area contributed by atoms with Crippen molar-refractivity contribution in [2.75, 3.05) is 0 Å². The van der Waals surface area contributed by atoms with Crippen LogP contribution in [0.4, 0.5) is 0 Å². The van der Waals surface area contributed by atoms with Gasteiger partial charge in [-0.15, -0.1) is 0 Å². The molecule has 0 amide bonds. The third kappa shape index (κ3) is 9.43. The maximum absolute atomic E-state index is 3.14. The van der Waals surface area contributed by atoms with Gasteiger partial charge in [0.15, 0.2) is 0 Å². The van der Waals surface area contributed by atoms with Crippen molar-refractivity contribution >= 4 is 104 Å². The SMILES string of the molecule is C[SiH](C)[Zr]([CH]1C(CC2CCCCC2)=Cc2c(-c3c4ccccc4cc4ccccc34)ccc(-c3c4ccccc4cc4ccccc34)c21)[CH]1C(CC2CCCCC2)=Cc2c(-c3c4ccccc4cc4ccccc34)ccc(-c3c4ccccc4cc4ccccc34)c21. The molecule has 0 heterocycles. The van der Waals surface area contributed by atoms with Crippen molar-refractivity contribution in [1.82, 2.24) is 0 Å². The van der Waals surface area contributed by atoms with Crippen LogP contribution >= 0.6 is 0 Å². The Morgan fingerprint density at radius 2 is 0.533 bits per heavy atom. The average Bonchev–Trinajstić information content (AvgIpc) is 1.47. The van der Waals surface area contributed by atoms with Crippen molar-refractivity contribution in [3.63, 3.8) is 0 Å². The monoisotopic (exact) mass is 1280 g/mol. The van der Waals surface area contributed by atoms with Crippen molar-refractivity contribution in [2.24, 2.45) is 11.8 Å². The normalized spacial score (nSPS) is 17.0. The second kappa shape index (κ2) is 23.4. The molecule has 0 aliphatic heterocycles. The fourth-order valence-electron chi connectivity index (χ4n) is 18.6. The number of allylic oxidation sites excluding steroid dienone is 2. The van der Waals surface area contributed by atoms with E-state index in [4.69, 9.17) is 0 Å². The molecule has 92 heavy (non-hydrogen) atoms. The molecule has 0 nitrogen and oxygen atoms in total. The average molecular weight is 1280 g/mol. The van der Waals surface area contributed by atoms with Crippen molar-refractivity contribution < 1.29 is 20.9 Å². The molecule has 2 heteroatoms. The number of hydrogen-bond donors (Lipinski definition) is 0. The van der Waals surface area contributed by atoms with Crippen molar-refractivity contribution in [3.8, 4) is 44.5 Å². The van der Waals surface area contributed by atoms with Gasteiger partial charge in [-0.3, -0.25) is 0 Å². The topological polar surface area (TPSA) is 0 Å². The molecule has 0 N–H and O–H groups in total. The van der Waals surface area contributed by atoms with Gasteiger partial charge in [-0.05, 0) is 0 Å². The van der Waals surface area contributed by atoms with Gasteiger partial charge in [0.1, 0.15) is 0 Å². The van der Waals surface area contributed by atoms with Gasteiger partial charge >= 0.3 is 555 Å². The van der Waals surface area contributed by atoms with Gasteiger partial charge in [-0.1, -0.05) is 0 Å². The molecule has 4 aliphatic rings. The fraction of sp³-hybridized carbons (Fsp3) is 0.200. The van der Waals surface area contributed by atoms with Crippen LogP contribution in [-0.4, -0.2) is 5.92 Å². The summed E-state index contributed by atoms with van der Waals surface area (Å²) in [6.45, 7) is 5.73. The maximum atomic E-state index is 2.91. The summed E-state index contributed by atoms with van der Waals surface area (Å²) in [5.74, 6) is -0.179. The van der Waals surface area contributed by atoms with E-state index in [1.807, 2.05) is 0 Å². The van der Waals surface area contributed by atoms with E-state index in [2.05, 4.69) is 268 Å². The van der Waals surface area contributed by atoms with Crippen LogP contribution in [0.1, 0.15) is 107 Å². The number of rotatable bonds is 11. The van der Waals surface area contributed by atoms with Crippen molar-refractivity contribution in [1.29, 1.82) is 0 Å². The van der Waals surface area contributed by atoms with Gasteiger partial charge < -0.3 is 0 Å². The van der Waals surface area contributed by atoms with Crippen LogP contribution in [0.25, 0.3) is 143 Å². The van der Waals surface area contributed by atoms with Crippen LogP contribution < -0.4 is 0 Å². The molecule has 2 fully saturated rings. The zero-order valence-electron chi connectivity index (χ0n) is 53.1. The van der Waals surface area contributed by atoms with Crippen LogP contribution in [0.5, 0.6) is 0 Å². The van der Waals surface area contributed by atoms with Gasteiger partial charge in [0.2, 0.25) is 0 Å². The molecule has 445 valence electrons. The van der Waals surface area contributed by atoms with E-state index < -0.39 is 26.8 Å². The summed E-state index contributed by atoms with van der Waals surface area (Å²) in [6.07, 6.45) is 21.7. The van der Waals surface area contributed by atoms with E-state index in [0.29, 0.717) is 19.1 Å². The predicted molar refractivity (Wildman–Crippen MR) is 397 cm³/mol. The Morgan fingerprint density at radius 3 is 0.793 bits per heavy atom. The van der Waals surface area contributed by atoms with E-state index in [1.165, 1.54) is 219 Å². The molecule has 0 radical (unpaired) electrons. The van der Waals surface area contributed by atoms with Crippen LogP contribution in [0.15, 0.2) is 254 Å². The molecule has 2 unspecified atom stereocenters. The minimum atomic E-state index is -3.14. The summed E-state index contributed by atoms with van der Waals surface area (Å²) in [7, 11) is 0. The Bertz CT molecular complexity index is 4830. The molecule has 2 saturated carbocycles. The third-order valence-electron chi connectivity index (χ3n) is 22.5. The molecule has 0 aromatic heterocycles. The first kappa shape index (κ1) is 56.5. The number of fused-ring (bicyclic) bond motifs is 10. The molecule has 14 aromatic rings. The Balaban J connectivity index is 0.987. The molecule has 0 spiro atoms. The van der Waals surface area contributed by atoms with Crippen LogP contribution in [-0.2, 0) is 20.9 Å². The first-order valence-electron chi connectivity index (χ1n) is 34.7. The predicted octanol–water partition coefficient (Wildman–Crippen LogP) is 25.7. The molecular formula is C90H77SiZr. The summed E-state index contributed by atoms with van der Waals surface area (Å²) < 4.78 is 0.750. The van der Waals surface area contributed by atoms with Gasteiger partial charge in [0.05, 0.1) is 0 Å². The van der Waals surface area contributed by atoms with Gasteiger partial charge in [0.25, 0.3) is 0 Å². The first-order valence-corrected chi connectivity index (χ1v) is 44.7. The minimum absolute atomic E-state index is 0.375. The quantitative estimate of drug-likeness (QED) is 0.0894. The number of hydrogen-bond acceptors (Lipinski definition) is 0. The number of benzene rings is 14. The van der Waals surface area contributed by atoms with Crippen molar-refractivity contribution in [2.45, 2.75) is 97.4 Å². The Kier molecular flexibility index (Phi) is 14.4. The second-order valence-corrected chi connectivity index (χ2v) is 48.2. The molecule has 18 rings (SSSR count). The molecular weight excluding hydrogens is 1200 g/mol. The summed E-state index contributed by atoms with van der Waals surface area (Å²) in [5, 5.41) is 21.4. The summed E-state index contributed by atoms with van der Waals surface area (Å²) >= 11 is -3.14. The fourth-order valence-corrected chi connectivity index (χ4v) is 41.4. The molecule has 0 saturated heterocycles. The van der Waals surface area contributed by atoms with E-state index in [-0.39, 0.29) is 0 Å².